The molecule has 0 unspecified atom stereocenters. The molecule has 37 heavy (non-hydrogen) atoms. The molecule has 9 nitrogen and oxygen atoms in total. The van der Waals surface area contributed by atoms with Crippen molar-refractivity contribution in [3.63, 3.8) is 0 Å². The number of benzene rings is 1. The summed E-state index contributed by atoms with van der Waals surface area (Å²) in [5.74, 6) is 0. The molecule has 0 spiro atoms. The fourth-order valence-corrected chi connectivity index (χ4v) is 4.57. The van der Waals surface area contributed by atoms with Crippen LogP contribution in [0.3, 0.4) is 0 Å². The number of pyridine rings is 2. The summed E-state index contributed by atoms with van der Waals surface area (Å²) in [6, 6.07) is 14.3. The van der Waals surface area contributed by atoms with Crippen LogP contribution >= 0.6 is 0 Å². The maximum atomic E-state index is 4.98. The second kappa shape index (κ2) is 9.03. The van der Waals surface area contributed by atoms with Crippen LogP contribution in [0.25, 0.3) is 50.3 Å². The lowest BCUT2D eigenvalue weighted by atomic mass is 10.1. The highest BCUT2D eigenvalue weighted by molar-refractivity contribution is 5.97. The highest BCUT2D eigenvalue weighted by Crippen LogP contribution is 2.32. The van der Waals surface area contributed by atoms with Crippen LogP contribution in [0.4, 0.5) is 5.69 Å². The number of hydrogen-bond donors (Lipinski definition) is 3. The number of fused-ring (bicyclic) bond motifs is 2. The average Bonchev–Trinajstić information content (AvgIpc) is 3.60. The van der Waals surface area contributed by atoms with Crippen LogP contribution in [-0.2, 0) is 0 Å². The van der Waals surface area contributed by atoms with Crippen LogP contribution in [-0.4, -0.2) is 60.2 Å². The maximum Gasteiger partial charge on any atom is 0.135 e. The Labute approximate surface area is 213 Å². The van der Waals surface area contributed by atoms with Gasteiger partial charge in [0, 0.05) is 41.1 Å². The standard InChI is InChI=1S/C28H27N9/c1-17-15-37(16-30-17)26-7-5-6-23-21(26)11-25(32-23)28-27-24(34-35-28)9-8-22(33-27)19-10-20(13-29-12-19)31-18(2)14-36(3)4/h5-13,15-16,31-32H,2,14H2,1,3-4H3,(H,34,35). The number of anilines is 1. The van der Waals surface area contributed by atoms with Crippen LogP contribution in [0.1, 0.15) is 5.69 Å². The Bertz CT molecular complexity index is 1750. The lowest BCUT2D eigenvalue weighted by molar-refractivity contribution is 0.447. The van der Waals surface area contributed by atoms with Crippen molar-refractivity contribution in [1.82, 2.24) is 39.6 Å². The van der Waals surface area contributed by atoms with Gasteiger partial charge in [0.1, 0.15) is 11.2 Å². The number of nitrogens with zero attached hydrogens (tertiary/aromatic N) is 6. The molecule has 0 saturated heterocycles. The largest absolute Gasteiger partial charge is 0.357 e. The van der Waals surface area contributed by atoms with E-state index in [2.05, 4.69) is 60.1 Å². The lowest BCUT2D eigenvalue weighted by Crippen LogP contribution is -2.18. The SMILES string of the molecule is C=C(CN(C)C)Nc1cncc(-c2ccc3[nH]nc(-c4cc5c(-n6cnc(C)c6)cccc5[nH]4)c3n2)c1. The van der Waals surface area contributed by atoms with Gasteiger partial charge in [-0.1, -0.05) is 12.6 Å². The molecule has 0 amide bonds. The molecule has 0 aliphatic carbocycles. The minimum Gasteiger partial charge on any atom is -0.357 e. The Morgan fingerprint density at radius 3 is 2.81 bits per heavy atom. The monoisotopic (exact) mass is 489 g/mol. The number of aromatic amines is 2. The molecule has 5 aromatic heterocycles. The molecule has 0 fully saturated rings. The first-order chi connectivity index (χ1) is 17.9. The van der Waals surface area contributed by atoms with E-state index in [0.717, 1.165) is 73.9 Å². The first-order valence-electron chi connectivity index (χ1n) is 12.0. The van der Waals surface area contributed by atoms with E-state index in [4.69, 9.17) is 4.98 Å². The minimum absolute atomic E-state index is 0.736. The zero-order valence-corrected chi connectivity index (χ0v) is 20.9. The number of nitrogens with one attached hydrogen (secondary N) is 3. The van der Waals surface area contributed by atoms with Crippen molar-refractivity contribution in [3.8, 4) is 28.3 Å². The van der Waals surface area contributed by atoms with E-state index in [9.17, 15) is 0 Å². The van der Waals surface area contributed by atoms with Crippen LogP contribution in [0.5, 0.6) is 0 Å². The van der Waals surface area contributed by atoms with Crippen molar-refractivity contribution in [1.29, 1.82) is 0 Å². The molecule has 0 aliphatic heterocycles. The van der Waals surface area contributed by atoms with Gasteiger partial charge in [0.05, 0.1) is 46.5 Å². The molecule has 6 rings (SSSR count). The number of aryl methyl sites for hydroxylation is 1. The molecule has 184 valence electrons. The van der Waals surface area contributed by atoms with Crippen molar-refractivity contribution in [2.75, 3.05) is 26.0 Å². The van der Waals surface area contributed by atoms with E-state index in [1.165, 1.54) is 0 Å². The predicted octanol–water partition coefficient (Wildman–Crippen LogP) is 5.15. The molecule has 5 heterocycles. The summed E-state index contributed by atoms with van der Waals surface area (Å²) in [6.45, 7) is 6.82. The van der Waals surface area contributed by atoms with Gasteiger partial charge in [-0.3, -0.25) is 10.1 Å². The van der Waals surface area contributed by atoms with Crippen LogP contribution in [0.15, 0.2) is 79.7 Å². The lowest BCUT2D eigenvalue weighted by Gasteiger charge is -2.14. The smallest absolute Gasteiger partial charge is 0.135 e. The van der Waals surface area contributed by atoms with Crippen molar-refractivity contribution in [2.24, 2.45) is 0 Å². The summed E-state index contributed by atoms with van der Waals surface area (Å²) in [5.41, 5.74) is 9.85. The third-order valence-electron chi connectivity index (χ3n) is 6.16. The third-order valence-corrected chi connectivity index (χ3v) is 6.16. The summed E-state index contributed by atoms with van der Waals surface area (Å²) in [4.78, 5) is 19.4. The summed E-state index contributed by atoms with van der Waals surface area (Å²) in [6.07, 6.45) is 7.46. The molecule has 0 saturated carbocycles. The summed E-state index contributed by atoms with van der Waals surface area (Å²) in [5, 5.41) is 12.1. The first-order valence-corrected chi connectivity index (χ1v) is 12.0. The van der Waals surface area contributed by atoms with Crippen molar-refractivity contribution >= 4 is 27.6 Å². The quantitative estimate of drug-likeness (QED) is 0.287. The van der Waals surface area contributed by atoms with E-state index in [-0.39, 0.29) is 0 Å². The number of imidazole rings is 1. The number of aromatic nitrogens is 7. The van der Waals surface area contributed by atoms with Crippen LogP contribution in [0, 0.1) is 6.92 Å². The van der Waals surface area contributed by atoms with E-state index in [0.29, 0.717) is 0 Å². The highest BCUT2D eigenvalue weighted by Gasteiger charge is 2.16. The van der Waals surface area contributed by atoms with Crippen molar-refractivity contribution < 1.29 is 0 Å². The van der Waals surface area contributed by atoms with Gasteiger partial charge in [0.25, 0.3) is 0 Å². The normalized spacial score (nSPS) is 11.6. The molecule has 9 heteroatoms. The molecule has 3 N–H and O–H groups in total. The molecule has 6 aromatic rings. The van der Waals surface area contributed by atoms with Gasteiger partial charge in [0.15, 0.2) is 0 Å². The van der Waals surface area contributed by atoms with Crippen molar-refractivity contribution in [2.45, 2.75) is 6.92 Å². The molecule has 0 atom stereocenters. The Kier molecular flexibility index (Phi) is 5.54. The summed E-state index contributed by atoms with van der Waals surface area (Å²) in [7, 11) is 4.02. The number of rotatable bonds is 7. The third kappa shape index (κ3) is 4.36. The fourth-order valence-electron chi connectivity index (χ4n) is 4.57. The Morgan fingerprint density at radius 2 is 2.00 bits per heavy atom. The number of likely N-dealkylation sites (N-methyl/N-ethyl adjacent to an activating group) is 1. The fraction of sp³-hybridized carbons (Fsp3) is 0.143. The van der Waals surface area contributed by atoms with Gasteiger partial charge in [-0.2, -0.15) is 5.10 Å². The minimum atomic E-state index is 0.736. The Hall–Kier alpha value is -4.76. The molecule has 0 radical (unpaired) electrons. The zero-order chi connectivity index (χ0) is 25.5. The average molecular weight is 490 g/mol. The maximum absolute atomic E-state index is 4.98. The van der Waals surface area contributed by atoms with Gasteiger partial charge in [-0.15, -0.1) is 0 Å². The van der Waals surface area contributed by atoms with Gasteiger partial charge in [-0.25, -0.2) is 9.97 Å². The Balaban J connectivity index is 1.38. The second-order valence-corrected chi connectivity index (χ2v) is 9.44. The Morgan fingerprint density at radius 1 is 1.11 bits per heavy atom. The summed E-state index contributed by atoms with van der Waals surface area (Å²) >= 11 is 0. The molecule has 1 aromatic carbocycles. The van der Waals surface area contributed by atoms with Gasteiger partial charge in [0.2, 0.25) is 0 Å². The molecular weight excluding hydrogens is 462 g/mol. The van der Waals surface area contributed by atoms with E-state index in [1.807, 2.05) is 68.6 Å². The molecular formula is C28H27N9. The number of hydrogen-bond acceptors (Lipinski definition) is 6. The molecule has 0 bridgehead atoms. The van der Waals surface area contributed by atoms with Gasteiger partial charge < -0.3 is 19.8 Å². The number of H-pyrrole nitrogens is 2. The highest BCUT2D eigenvalue weighted by atomic mass is 15.1. The first kappa shape index (κ1) is 22.7. The van der Waals surface area contributed by atoms with Crippen LogP contribution < -0.4 is 5.32 Å². The van der Waals surface area contributed by atoms with E-state index < -0.39 is 0 Å². The van der Waals surface area contributed by atoms with Gasteiger partial charge >= 0.3 is 0 Å². The van der Waals surface area contributed by atoms with Crippen molar-refractivity contribution in [3.05, 3.63) is 85.4 Å². The van der Waals surface area contributed by atoms with E-state index in [1.54, 1.807) is 6.20 Å². The summed E-state index contributed by atoms with van der Waals surface area (Å²) < 4.78 is 2.04. The zero-order valence-electron chi connectivity index (χ0n) is 20.9. The second-order valence-electron chi connectivity index (χ2n) is 9.44. The van der Waals surface area contributed by atoms with E-state index >= 15 is 0 Å². The topological polar surface area (TPSA) is 103 Å². The molecule has 0 aliphatic rings. The van der Waals surface area contributed by atoms with Gasteiger partial charge in [-0.05, 0) is 57.4 Å². The predicted molar refractivity (Wildman–Crippen MR) is 148 cm³/mol. The van der Waals surface area contributed by atoms with Crippen LogP contribution in [0.2, 0.25) is 0 Å².